The van der Waals surface area contributed by atoms with Crippen molar-refractivity contribution < 1.29 is 4.79 Å². The molecule has 4 nitrogen and oxygen atoms in total. The molecule has 3 aromatic rings. The molecule has 0 aliphatic heterocycles. The smallest absolute Gasteiger partial charge is 0.269 e. The van der Waals surface area contributed by atoms with Gasteiger partial charge in [-0.2, -0.15) is 0 Å². The van der Waals surface area contributed by atoms with Crippen LogP contribution in [0.5, 0.6) is 0 Å². The zero-order valence-electron chi connectivity index (χ0n) is 10.2. The number of carbonyl (C=O) groups is 1. The van der Waals surface area contributed by atoms with Crippen LogP contribution in [0.15, 0.2) is 51.2 Å². The summed E-state index contributed by atoms with van der Waals surface area (Å²) >= 11 is 4.69. The zero-order chi connectivity index (χ0) is 14.1. The number of aromatic nitrogens is 2. The number of hydrogen-bond donors (Lipinski definition) is 0. The van der Waals surface area contributed by atoms with Gasteiger partial charge in [0.1, 0.15) is 0 Å². The number of carbonyl (C=O) groups excluding carboxylic acids is 1. The number of halogens is 1. The average Bonchev–Trinajstić information content (AvgIpc) is 2.89. The first-order valence-electron chi connectivity index (χ1n) is 5.88. The molecule has 0 aliphatic rings. The molecule has 100 valence electrons. The largest absolute Gasteiger partial charge is 0.298 e. The number of benzene rings is 1. The predicted molar refractivity (Wildman–Crippen MR) is 82.4 cm³/mol. The van der Waals surface area contributed by atoms with Gasteiger partial charge in [-0.15, -0.1) is 11.3 Å². The molecule has 0 atom stereocenters. The first-order valence-corrected chi connectivity index (χ1v) is 7.49. The molecular formula is C14H9BrN2O2S. The summed E-state index contributed by atoms with van der Waals surface area (Å²) in [4.78, 5) is 28.9. The van der Waals surface area contributed by atoms with Crippen molar-refractivity contribution in [2.24, 2.45) is 0 Å². The second-order valence-electron chi connectivity index (χ2n) is 4.20. The first-order chi connectivity index (χ1) is 9.65. The summed E-state index contributed by atoms with van der Waals surface area (Å²) in [6.07, 6.45) is 1.25. The highest BCUT2D eigenvalue weighted by Gasteiger charge is 2.12. The monoisotopic (exact) mass is 348 g/mol. The third-order valence-electron chi connectivity index (χ3n) is 2.90. The van der Waals surface area contributed by atoms with Gasteiger partial charge in [0.05, 0.1) is 32.4 Å². The summed E-state index contributed by atoms with van der Waals surface area (Å²) in [6, 6.07) is 10.9. The van der Waals surface area contributed by atoms with Crippen molar-refractivity contribution >= 4 is 44.1 Å². The maximum absolute atomic E-state index is 12.2. The summed E-state index contributed by atoms with van der Waals surface area (Å²) in [6.45, 7) is 0.0226. The van der Waals surface area contributed by atoms with Crippen molar-refractivity contribution in [1.29, 1.82) is 0 Å². The fourth-order valence-electron chi connectivity index (χ4n) is 1.96. The third kappa shape index (κ3) is 2.44. The summed E-state index contributed by atoms with van der Waals surface area (Å²) in [5, 5.41) is 0. The highest BCUT2D eigenvalue weighted by atomic mass is 79.9. The molecule has 1 aromatic carbocycles. The van der Waals surface area contributed by atoms with Gasteiger partial charge in [-0.1, -0.05) is 12.1 Å². The van der Waals surface area contributed by atoms with Gasteiger partial charge in [0.25, 0.3) is 5.56 Å². The number of thiophene rings is 1. The molecule has 0 amide bonds. The Morgan fingerprint density at radius 1 is 1.25 bits per heavy atom. The molecule has 0 fully saturated rings. The van der Waals surface area contributed by atoms with Gasteiger partial charge >= 0.3 is 0 Å². The van der Waals surface area contributed by atoms with Crippen molar-refractivity contribution in [2.45, 2.75) is 6.54 Å². The lowest BCUT2D eigenvalue weighted by atomic mass is 10.2. The summed E-state index contributed by atoms with van der Waals surface area (Å²) in [5.74, 6) is -0.0841. The van der Waals surface area contributed by atoms with Crippen LogP contribution < -0.4 is 5.56 Å². The van der Waals surface area contributed by atoms with Crippen LogP contribution in [0.25, 0.3) is 11.0 Å². The van der Waals surface area contributed by atoms with Crippen LogP contribution in [0, 0.1) is 0 Å². The standard InChI is InChI=1S/C14H9BrN2O2S/c15-13-6-5-12(20-13)11(18)8-17-10-4-2-1-3-9(10)16-7-14(17)19/h1-7H,8H2. The maximum Gasteiger partial charge on any atom is 0.269 e. The number of Topliss-reactive ketones (excluding diaryl/α,β-unsaturated/α-hetero) is 1. The zero-order valence-corrected chi connectivity index (χ0v) is 12.6. The van der Waals surface area contributed by atoms with Crippen LogP contribution in [0.4, 0.5) is 0 Å². The van der Waals surface area contributed by atoms with E-state index in [0.29, 0.717) is 15.9 Å². The van der Waals surface area contributed by atoms with Crippen LogP contribution in [-0.2, 0) is 6.54 Å². The van der Waals surface area contributed by atoms with Gasteiger partial charge in [-0.25, -0.2) is 4.98 Å². The fourth-order valence-corrected chi connectivity index (χ4v) is 3.28. The van der Waals surface area contributed by atoms with Crippen molar-refractivity contribution in [1.82, 2.24) is 9.55 Å². The Balaban J connectivity index is 2.04. The number of hydrogen-bond acceptors (Lipinski definition) is 4. The Morgan fingerprint density at radius 2 is 2.05 bits per heavy atom. The predicted octanol–water partition coefficient (Wildman–Crippen LogP) is 3.10. The highest BCUT2D eigenvalue weighted by molar-refractivity contribution is 9.11. The molecule has 0 unspecified atom stereocenters. The minimum absolute atomic E-state index is 0.0226. The molecule has 0 radical (unpaired) electrons. The first kappa shape index (κ1) is 13.2. The number of rotatable bonds is 3. The van der Waals surface area contributed by atoms with E-state index in [4.69, 9.17) is 0 Å². The average molecular weight is 349 g/mol. The Bertz CT molecular complexity index is 854. The Hall–Kier alpha value is -1.79. The minimum Gasteiger partial charge on any atom is -0.298 e. The van der Waals surface area contributed by atoms with Gasteiger partial charge < -0.3 is 0 Å². The Labute approximate surface area is 126 Å². The normalized spacial score (nSPS) is 10.8. The second-order valence-corrected chi connectivity index (χ2v) is 6.66. The van der Waals surface area contributed by atoms with E-state index >= 15 is 0 Å². The van der Waals surface area contributed by atoms with Gasteiger partial charge in [-0.05, 0) is 40.2 Å². The molecule has 2 heterocycles. The summed E-state index contributed by atoms with van der Waals surface area (Å²) in [7, 11) is 0. The van der Waals surface area contributed by atoms with E-state index in [1.807, 2.05) is 24.3 Å². The molecule has 0 aliphatic carbocycles. The maximum atomic E-state index is 12.2. The summed E-state index contributed by atoms with van der Waals surface area (Å²) < 4.78 is 2.35. The van der Waals surface area contributed by atoms with Gasteiger partial charge in [0.2, 0.25) is 0 Å². The third-order valence-corrected chi connectivity index (χ3v) is 4.57. The molecule has 0 saturated heterocycles. The van der Waals surface area contributed by atoms with E-state index in [1.165, 1.54) is 22.1 Å². The fraction of sp³-hybridized carbons (Fsp3) is 0.0714. The number of fused-ring (bicyclic) bond motifs is 1. The Morgan fingerprint density at radius 3 is 2.80 bits per heavy atom. The molecular weight excluding hydrogens is 340 g/mol. The van der Waals surface area contributed by atoms with Crippen molar-refractivity contribution in [3.05, 3.63) is 61.6 Å². The minimum atomic E-state index is -0.271. The molecule has 0 bridgehead atoms. The molecule has 2 aromatic heterocycles. The molecule has 0 saturated carbocycles. The van der Waals surface area contributed by atoms with Gasteiger partial charge in [-0.3, -0.25) is 14.2 Å². The van der Waals surface area contributed by atoms with Gasteiger partial charge in [0.15, 0.2) is 5.78 Å². The molecule has 0 N–H and O–H groups in total. The topological polar surface area (TPSA) is 52.0 Å². The van der Waals surface area contributed by atoms with Crippen molar-refractivity contribution in [3.63, 3.8) is 0 Å². The van der Waals surface area contributed by atoms with Crippen LogP contribution in [-0.4, -0.2) is 15.3 Å². The quantitative estimate of drug-likeness (QED) is 0.683. The van der Waals surface area contributed by atoms with Crippen LogP contribution >= 0.6 is 27.3 Å². The van der Waals surface area contributed by atoms with E-state index in [1.54, 1.807) is 12.1 Å². The van der Waals surface area contributed by atoms with E-state index < -0.39 is 0 Å². The van der Waals surface area contributed by atoms with E-state index in [0.717, 1.165) is 3.79 Å². The van der Waals surface area contributed by atoms with E-state index in [2.05, 4.69) is 20.9 Å². The lowest BCUT2D eigenvalue weighted by molar-refractivity contribution is 0.0976. The van der Waals surface area contributed by atoms with Crippen molar-refractivity contribution in [3.8, 4) is 0 Å². The second kappa shape index (κ2) is 5.30. The molecule has 3 rings (SSSR count). The molecule has 6 heteroatoms. The van der Waals surface area contributed by atoms with Crippen LogP contribution in [0.3, 0.4) is 0 Å². The van der Waals surface area contributed by atoms with E-state index in [-0.39, 0.29) is 17.9 Å². The van der Waals surface area contributed by atoms with Gasteiger partial charge in [0, 0.05) is 0 Å². The van der Waals surface area contributed by atoms with Crippen molar-refractivity contribution in [2.75, 3.05) is 0 Å². The molecule has 0 spiro atoms. The van der Waals surface area contributed by atoms with Crippen LogP contribution in [0.2, 0.25) is 0 Å². The molecule has 20 heavy (non-hydrogen) atoms. The number of para-hydroxylation sites is 2. The number of nitrogens with zero attached hydrogens (tertiary/aromatic N) is 2. The lowest BCUT2D eigenvalue weighted by Crippen LogP contribution is -2.24. The summed E-state index contributed by atoms with van der Waals surface area (Å²) in [5.41, 5.74) is 1.10. The van der Waals surface area contributed by atoms with E-state index in [9.17, 15) is 9.59 Å². The Kier molecular flexibility index (Phi) is 3.50. The van der Waals surface area contributed by atoms with Crippen LogP contribution in [0.1, 0.15) is 9.67 Å². The SMILES string of the molecule is O=C(Cn1c(=O)cnc2ccccc21)c1ccc(Br)s1. The highest BCUT2D eigenvalue weighted by Crippen LogP contribution is 2.23. The number of ketones is 1. The lowest BCUT2D eigenvalue weighted by Gasteiger charge is -2.07.